The van der Waals surface area contributed by atoms with Gasteiger partial charge in [0, 0.05) is 32.2 Å². The highest BCUT2D eigenvalue weighted by Crippen LogP contribution is 2.24. The third kappa shape index (κ3) is 7.59. The van der Waals surface area contributed by atoms with E-state index in [-0.39, 0.29) is 24.9 Å². The Morgan fingerprint density at radius 1 is 1.06 bits per heavy atom. The number of para-hydroxylation sites is 2. The molecule has 1 fully saturated rings. The van der Waals surface area contributed by atoms with E-state index in [1.54, 1.807) is 48.8 Å². The van der Waals surface area contributed by atoms with Crippen molar-refractivity contribution in [2.75, 3.05) is 31.5 Å². The van der Waals surface area contributed by atoms with E-state index in [1.807, 2.05) is 30.3 Å². The number of hydrogen-bond acceptors (Lipinski definition) is 7. The molecule has 188 valence electrons. The van der Waals surface area contributed by atoms with Crippen molar-refractivity contribution in [2.45, 2.75) is 45.4 Å². The molecule has 1 atom stereocenters. The smallest absolute Gasteiger partial charge is 0.410 e. The second-order valence-electron chi connectivity index (χ2n) is 9.30. The normalized spacial score (nSPS) is 15.9. The number of nitro groups is 1. The number of nitro benzene ring substituents is 1. The summed E-state index contributed by atoms with van der Waals surface area (Å²) < 4.78 is 11.0. The lowest BCUT2D eigenvalue weighted by atomic mass is 10.1. The predicted molar refractivity (Wildman–Crippen MR) is 131 cm³/mol. The number of anilines is 1. The molecule has 0 aromatic heterocycles. The third-order valence-corrected chi connectivity index (χ3v) is 5.47. The second-order valence-corrected chi connectivity index (χ2v) is 9.30. The molecule has 2 aromatic rings. The van der Waals surface area contributed by atoms with Gasteiger partial charge >= 0.3 is 12.2 Å². The molecule has 0 radical (unpaired) electrons. The standard InChI is InChI=1S/C25H32N4O6/c1-25(2,3)35-24(31)28-16-15-27(23(30)34-18-19-9-5-4-6-10-19)17-20(28)13-14-26-21-11-7-8-12-22(21)29(32)33/h4-12,20,26H,13-18H2,1-3H3/t20-/m1/s1. The van der Waals surface area contributed by atoms with Crippen LogP contribution in [0.3, 0.4) is 0 Å². The van der Waals surface area contributed by atoms with Crippen molar-refractivity contribution in [3.8, 4) is 0 Å². The summed E-state index contributed by atoms with van der Waals surface area (Å²) in [5, 5.41) is 14.4. The van der Waals surface area contributed by atoms with Gasteiger partial charge in [-0.05, 0) is 38.8 Å². The molecule has 1 aliphatic rings. The van der Waals surface area contributed by atoms with Gasteiger partial charge in [-0.25, -0.2) is 9.59 Å². The Hall–Kier alpha value is -3.82. The molecule has 0 unspecified atom stereocenters. The van der Waals surface area contributed by atoms with Crippen LogP contribution < -0.4 is 5.32 Å². The van der Waals surface area contributed by atoms with Gasteiger partial charge in [0.2, 0.25) is 0 Å². The van der Waals surface area contributed by atoms with Gasteiger partial charge in [0.05, 0.1) is 11.0 Å². The van der Waals surface area contributed by atoms with Gasteiger partial charge in [0.15, 0.2) is 0 Å². The number of nitrogens with zero attached hydrogens (tertiary/aromatic N) is 3. The van der Waals surface area contributed by atoms with E-state index >= 15 is 0 Å². The number of nitrogens with one attached hydrogen (secondary N) is 1. The van der Waals surface area contributed by atoms with Crippen molar-refractivity contribution in [2.24, 2.45) is 0 Å². The molecule has 0 aliphatic carbocycles. The Morgan fingerprint density at radius 2 is 1.74 bits per heavy atom. The Kier molecular flexibility index (Phi) is 8.51. The average molecular weight is 485 g/mol. The summed E-state index contributed by atoms with van der Waals surface area (Å²) in [4.78, 5) is 39.6. The fourth-order valence-electron chi connectivity index (χ4n) is 3.80. The molecule has 0 bridgehead atoms. The van der Waals surface area contributed by atoms with Crippen molar-refractivity contribution in [3.63, 3.8) is 0 Å². The van der Waals surface area contributed by atoms with Crippen LogP contribution in [0, 0.1) is 10.1 Å². The minimum atomic E-state index is -0.656. The molecule has 1 saturated heterocycles. The van der Waals surface area contributed by atoms with Crippen molar-refractivity contribution in [3.05, 3.63) is 70.3 Å². The Morgan fingerprint density at radius 3 is 2.43 bits per heavy atom. The maximum Gasteiger partial charge on any atom is 0.410 e. The number of ether oxygens (including phenoxy) is 2. The van der Waals surface area contributed by atoms with Gasteiger partial charge in [-0.2, -0.15) is 0 Å². The molecule has 0 spiro atoms. The maximum absolute atomic E-state index is 12.8. The first-order valence-corrected chi connectivity index (χ1v) is 11.6. The van der Waals surface area contributed by atoms with E-state index in [0.717, 1.165) is 5.56 Å². The minimum absolute atomic E-state index is 0.0220. The monoisotopic (exact) mass is 484 g/mol. The lowest BCUT2D eigenvalue weighted by molar-refractivity contribution is -0.384. The molecular formula is C25H32N4O6. The minimum Gasteiger partial charge on any atom is -0.445 e. The van der Waals surface area contributed by atoms with Crippen molar-refractivity contribution < 1.29 is 24.0 Å². The third-order valence-electron chi connectivity index (χ3n) is 5.47. The SMILES string of the molecule is CC(C)(C)OC(=O)N1CCN(C(=O)OCc2ccccc2)C[C@H]1CCNc1ccccc1[N+](=O)[O-]. The molecule has 1 aliphatic heterocycles. The number of piperazine rings is 1. The molecule has 10 nitrogen and oxygen atoms in total. The number of amides is 2. The Balaban J connectivity index is 1.65. The predicted octanol–water partition coefficient (Wildman–Crippen LogP) is 4.65. The van der Waals surface area contributed by atoms with Crippen LogP contribution in [0.2, 0.25) is 0 Å². The van der Waals surface area contributed by atoms with Crippen LogP contribution in [-0.4, -0.2) is 64.7 Å². The van der Waals surface area contributed by atoms with Gasteiger partial charge in [-0.3, -0.25) is 10.1 Å². The van der Waals surface area contributed by atoms with E-state index in [4.69, 9.17) is 9.47 Å². The summed E-state index contributed by atoms with van der Waals surface area (Å²) in [6.07, 6.45) is -0.451. The highest BCUT2D eigenvalue weighted by atomic mass is 16.6. The zero-order chi connectivity index (χ0) is 25.4. The van der Waals surface area contributed by atoms with Crippen molar-refractivity contribution >= 4 is 23.6 Å². The van der Waals surface area contributed by atoms with Crippen LogP contribution in [0.1, 0.15) is 32.8 Å². The van der Waals surface area contributed by atoms with E-state index in [0.29, 0.717) is 31.7 Å². The van der Waals surface area contributed by atoms with Crippen LogP contribution >= 0.6 is 0 Å². The van der Waals surface area contributed by atoms with Crippen molar-refractivity contribution in [1.29, 1.82) is 0 Å². The fourth-order valence-corrected chi connectivity index (χ4v) is 3.80. The second kappa shape index (κ2) is 11.5. The summed E-state index contributed by atoms with van der Waals surface area (Å²) in [5.74, 6) is 0. The van der Waals surface area contributed by atoms with E-state index in [9.17, 15) is 19.7 Å². The average Bonchev–Trinajstić information content (AvgIpc) is 2.82. The molecule has 35 heavy (non-hydrogen) atoms. The van der Waals surface area contributed by atoms with Crippen LogP contribution in [0.25, 0.3) is 0 Å². The van der Waals surface area contributed by atoms with Crippen LogP contribution in [0.5, 0.6) is 0 Å². The van der Waals surface area contributed by atoms with E-state index < -0.39 is 22.7 Å². The lowest BCUT2D eigenvalue weighted by Gasteiger charge is -2.41. The summed E-state index contributed by atoms with van der Waals surface area (Å²) in [6, 6.07) is 15.4. The maximum atomic E-state index is 12.8. The van der Waals surface area contributed by atoms with E-state index in [1.165, 1.54) is 6.07 Å². The molecule has 10 heteroatoms. The Bertz CT molecular complexity index is 1020. The quantitative estimate of drug-likeness (QED) is 0.449. The first kappa shape index (κ1) is 25.8. The molecule has 2 amide bonds. The van der Waals surface area contributed by atoms with Gasteiger partial charge < -0.3 is 24.6 Å². The van der Waals surface area contributed by atoms with Crippen LogP contribution in [-0.2, 0) is 16.1 Å². The summed E-state index contributed by atoms with van der Waals surface area (Å²) >= 11 is 0. The van der Waals surface area contributed by atoms with Gasteiger partial charge in [0.25, 0.3) is 5.69 Å². The molecule has 0 saturated carbocycles. The summed E-state index contributed by atoms with van der Waals surface area (Å²) in [6.45, 7) is 6.81. The zero-order valence-corrected chi connectivity index (χ0v) is 20.3. The number of hydrogen-bond donors (Lipinski definition) is 1. The highest BCUT2D eigenvalue weighted by Gasteiger charge is 2.35. The van der Waals surface area contributed by atoms with Crippen LogP contribution in [0.4, 0.5) is 21.0 Å². The molecular weight excluding hydrogens is 452 g/mol. The van der Waals surface area contributed by atoms with E-state index in [2.05, 4.69) is 5.32 Å². The first-order chi connectivity index (χ1) is 16.6. The van der Waals surface area contributed by atoms with Crippen molar-refractivity contribution in [1.82, 2.24) is 9.80 Å². The lowest BCUT2D eigenvalue weighted by Crippen LogP contribution is -2.57. The number of rotatable bonds is 7. The van der Waals surface area contributed by atoms with Gasteiger partial charge in [-0.15, -0.1) is 0 Å². The Labute approximate surface area is 204 Å². The van der Waals surface area contributed by atoms with Crippen LogP contribution in [0.15, 0.2) is 54.6 Å². The molecule has 1 N–H and O–H groups in total. The molecule has 2 aromatic carbocycles. The summed E-state index contributed by atoms with van der Waals surface area (Å²) in [5.41, 5.74) is 0.608. The van der Waals surface area contributed by atoms with Gasteiger partial charge in [0.1, 0.15) is 17.9 Å². The summed E-state index contributed by atoms with van der Waals surface area (Å²) in [7, 11) is 0. The largest absolute Gasteiger partial charge is 0.445 e. The number of benzene rings is 2. The number of carbonyl (C=O) groups is 2. The number of carbonyl (C=O) groups excluding carboxylic acids is 2. The fraction of sp³-hybridized carbons (Fsp3) is 0.440. The first-order valence-electron chi connectivity index (χ1n) is 11.6. The molecule has 3 rings (SSSR count). The zero-order valence-electron chi connectivity index (χ0n) is 20.3. The van der Waals surface area contributed by atoms with Gasteiger partial charge in [-0.1, -0.05) is 42.5 Å². The topological polar surface area (TPSA) is 114 Å². The molecule has 1 heterocycles. The highest BCUT2D eigenvalue weighted by molar-refractivity contribution is 5.71.